The molecule has 2 aromatic heterocycles. The molecular weight excluding hydrogens is 451 g/mol. The second-order valence-electron chi connectivity index (χ2n) is 5.06. The summed E-state index contributed by atoms with van der Waals surface area (Å²) in [5.74, 6) is -0.716. The number of rotatable bonds is 3. The predicted molar refractivity (Wildman–Crippen MR) is 93.9 cm³/mol. The zero-order valence-electron chi connectivity index (χ0n) is 13.2. The smallest absolute Gasteiger partial charge is 0.255 e. The molecule has 0 spiro atoms. The maximum absolute atomic E-state index is 12.5. The molecule has 0 aromatic carbocycles. The van der Waals surface area contributed by atoms with E-state index in [1.165, 1.54) is 12.4 Å². The summed E-state index contributed by atoms with van der Waals surface area (Å²) >= 11 is 6.90. The van der Waals surface area contributed by atoms with Crippen LogP contribution in [0.4, 0.5) is 13.2 Å². The van der Waals surface area contributed by atoms with Crippen LogP contribution in [-0.2, 0) is 11.5 Å². The van der Waals surface area contributed by atoms with Gasteiger partial charge in [-0.25, -0.2) is 9.97 Å². The van der Waals surface area contributed by atoms with Gasteiger partial charge in [-0.1, -0.05) is 29.8 Å². The molecule has 1 aliphatic rings. The van der Waals surface area contributed by atoms with Crippen molar-refractivity contribution in [2.24, 2.45) is 0 Å². The van der Waals surface area contributed by atoms with Gasteiger partial charge in [0.25, 0.3) is 0 Å². The Morgan fingerprint density at radius 2 is 1.75 bits per heavy atom. The Balaban J connectivity index is 0.00000100. The van der Waals surface area contributed by atoms with Gasteiger partial charge in [0.15, 0.2) is 0 Å². The zero-order valence-corrected chi connectivity index (χ0v) is 16.3. The molecule has 1 saturated carbocycles. The highest BCUT2D eigenvalue weighted by Crippen LogP contribution is 2.45. The molecule has 3 rings (SSSR count). The number of alkyl halides is 4. The van der Waals surface area contributed by atoms with Crippen LogP contribution < -0.4 is 0 Å². The molecule has 0 unspecified atom stereocenters. The van der Waals surface area contributed by atoms with Gasteiger partial charge in [-0.2, -0.15) is 13.2 Å². The Labute approximate surface area is 155 Å². The molecule has 3 nitrogen and oxygen atoms in total. The van der Waals surface area contributed by atoms with E-state index in [-0.39, 0.29) is 0 Å². The van der Waals surface area contributed by atoms with Crippen molar-refractivity contribution >= 4 is 31.9 Å². The van der Waals surface area contributed by atoms with E-state index in [1.807, 2.05) is 19.9 Å². The highest BCUT2D eigenvalue weighted by atomic mass is 79.9. The number of halogens is 5. The Morgan fingerprint density at radius 1 is 1.17 bits per heavy atom. The largest absolute Gasteiger partial charge is 0.451 e. The minimum Gasteiger partial charge on any atom is -0.255 e. The lowest BCUT2D eigenvalue weighted by molar-refractivity contribution is -0.144. The van der Waals surface area contributed by atoms with Crippen molar-refractivity contribution in [3.63, 3.8) is 0 Å². The van der Waals surface area contributed by atoms with E-state index in [2.05, 4.69) is 46.8 Å². The lowest BCUT2D eigenvalue weighted by Gasteiger charge is -2.12. The fourth-order valence-corrected chi connectivity index (χ4v) is 3.17. The summed E-state index contributed by atoms with van der Waals surface area (Å²) < 4.78 is 38.5. The summed E-state index contributed by atoms with van der Waals surface area (Å²) in [6.07, 6.45) is 0.0317. The minimum absolute atomic E-state index is 0.419. The Hall–Kier alpha value is -1.02. The van der Waals surface area contributed by atoms with Gasteiger partial charge in [0.2, 0.25) is 5.82 Å². The van der Waals surface area contributed by atoms with Crippen LogP contribution in [0.15, 0.2) is 22.9 Å². The molecule has 0 bridgehead atoms. The van der Waals surface area contributed by atoms with Crippen LogP contribution in [0.3, 0.4) is 0 Å². The van der Waals surface area contributed by atoms with Gasteiger partial charge in [-0.3, -0.25) is 4.98 Å². The van der Waals surface area contributed by atoms with Gasteiger partial charge in [0, 0.05) is 39.2 Å². The van der Waals surface area contributed by atoms with E-state index in [0.717, 1.165) is 34.3 Å². The van der Waals surface area contributed by atoms with E-state index in [0.29, 0.717) is 16.8 Å². The Bertz CT molecular complexity index is 699. The maximum atomic E-state index is 12.5. The van der Waals surface area contributed by atoms with Crippen LogP contribution in [0.5, 0.6) is 0 Å². The molecule has 8 heteroatoms. The average Bonchev–Trinajstić information content (AvgIpc) is 3.41. The van der Waals surface area contributed by atoms with Gasteiger partial charge in [0.1, 0.15) is 0 Å². The summed E-state index contributed by atoms with van der Waals surface area (Å²) in [4.78, 5) is 11.4. The van der Waals surface area contributed by atoms with Crippen LogP contribution in [0.25, 0.3) is 11.1 Å². The van der Waals surface area contributed by atoms with Gasteiger partial charge in [-0.15, -0.1) is 0 Å². The van der Waals surface area contributed by atoms with Crippen molar-refractivity contribution in [3.05, 3.63) is 40.1 Å². The van der Waals surface area contributed by atoms with E-state index in [4.69, 9.17) is 0 Å². The summed E-state index contributed by atoms with van der Waals surface area (Å²) in [6, 6.07) is 1.83. The monoisotopic (exact) mass is 465 g/mol. The molecular formula is C16H16Br2F3N3. The third-order valence-corrected chi connectivity index (χ3v) is 4.76. The van der Waals surface area contributed by atoms with Crippen molar-refractivity contribution in [1.29, 1.82) is 0 Å². The molecule has 0 N–H and O–H groups in total. The van der Waals surface area contributed by atoms with Crippen LogP contribution in [0.1, 0.15) is 49.8 Å². The number of aromatic nitrogens is 3. The summed E-state index contributed by atoms with van der Waals surface area (Å²) in [5.41, 5.74) is 3.08. The normalized spacial score (nSPS) is 14.1. The second kappa shape index (κ2) is 7.91. The van der Waals surface area contributed by atoms with Crippen molar-refractivity contribution in [2.45, 2.75) is 44.1 Å². The molecule has 0 aliphatic heterocycles. The molecule has 2 heterocycles. The topological polar surface area (TPSA) is 38.7 Å². The van der Waals surface area contributed by atoms with Gasteiger partial charge in [0.05, 0.1) is 11.4 Å². The molecule has 1 aliphatic carbocycles. The van der Waals surface area contributed by atoms with Crippen LogP contribution in [0, 0.1) is 0 Å². The molecule has 24 heavy (non-hydrogen) atoms. The lowest BCUT2D eigenvalue weighted by Crippen LogP contribution is -2.10. The molecule has 2 aromatic rings. The SMILES string of the molecule is CC.FC(F)(F)c1ncc(-c2cc(CBr)nc(C3CC3)c2Br)cn1. The van der Waals surface area contributed by atoms with Gasteiger partial charge >= 0.3 is 6.18 Å². The van der Waals surface area contributed by atoms with Crippen LogP contribution in [0.2, 0.25) is 0 Å². The summed E-state index contributed by atoms with van der Waals surface area (Å²) in [7, 11) is 0. The number of hydrogen-bond acceptors (Lipinski definition) is 3. The fraction of sp³-hybridized carbons (Fsp3) is 0.438. The first-order valence-electron chi connectivity index (χ1n) is 7.55. The van der Waals surface area contributed by atoms with Crippen molar-refractivity contribution in [3.8, 4) is 11.1 Å². The highest BCUT2D eigenvalue weighted by Gasteiger charge is 2.34. The van der Waals surface area contributed by atoms with Crippen molar-refractivity contribution < 1.29 is 13.2 Å². The first kappa shape index (κ1) is 19.3. The molecule has 0 saturated heterocycles. The Kier molecular flexibility index (Phi) is 6.36. The fourth-order valence-electron chi connectivity index (χ4n) is 2.12. The van der Waals surface area contributed by atoms with Crippen molar-refractivity contribution in [1.82, 2.24) is 15.0 Å². The second-order valence-corrected chi connectivity index (χ2v) is 6.42. The van der Waals surface area contributed by atoms with Crippen LogP contribution in [-0.4, -0.2) is 15.0 Å². The zero-order chi connectivity index (χ0) is 17.9. The molecule has 130 valence electrons. The van der Waals surface area contributed by atoms with Gasteiger partial charge < -0.3 is 0 Å². The molecule has 1 fully saturated rings. The molecule has 0 atom stereocenters. The predicted octanol–water partition coefficient (Wildman–Crippen LogP) is 6.12. The number of nitrogens with zero attached hydrogens (tertiary/aromatic N) is 3. The van der Waals surface area contributed by atoms with Gasteiger partial charge in [-0.05, 0) is 34.8 Å². The first-order valence-corrected chi connectivity index (χ1v) is 9.46. The highest BCUT2D eigenvalue weighted by molar-refractivity contribution is 9.10. The van der Waals surface area contributed by atoms with E-state index in [9.17, 15) is 13.2 Å². The van der Waals surface area contributed by atoms with E-state index >= 15 is 0 Å². The minimum atomic E-state index is -4.53. The number of pyridine rings is 1. The van der Waals surface area contributed by atoms with Crippen molar-refractivity contribution in [2.75, 3.05) is 0 Å². The lowest BCUT2D eigenvalue weighted by atomic mass is 10.1. The third-order valence-electron chi connectivity index (χ3n) is 3.35. The van der Waals surface area contributed by atoms with E-state index in [1.54, 1.807) is 0 Å². The molecule has 0 amide bonds. The Morgan fingerprint density at radius 3 is 2.21 bits per heavy atom. The quantitative estimate of drug-likeness (QED) is 0.511. The number of hydrogen-bond donors (Lipinski definition) is 0. The van der Waals surface area contributed by atoms with E-state index < -0.39 is 12.0 Å². The average molecular weight is 467 g/mol. The first-order chi connectivity index (χ1) is 11.4. The summed E-state index contributed by atoms with van der Waals surface area (Å²) in [5, 5.41) is 0.578. The maximum Gasteiger partial charge on any atom is 0.451 e. The standard InChI is InChI=1S/C14H10Br2F3N3.C2H6/c15-4-9-3-10(11(16)12(22-9)7-1-2-7)8-5-20-13(21-6-8)14(17,18)19;1-2/h3,5-7H,1-2,4H2;1-2H3. The summed E-state index contributed by atoms with van der Waals surface area (Å²) in [6.45, 7) is 4.00. The third kappa shape index (κ3) is 4.33. The molecule has 0 radical (unpaired) electrons. The van der Waals surface area contributed by atoms with Crippen LogP contribution >= 0.6 is 31.9 Å².